The van der Waals surface area contributed by atoms with Crippen molar-refractivity contribution in [3.05, 3.63) is 59.4 Å². The van der Waals surface area contributed by atoms with Gasteiger partial charge in [-0.15, -0.1) is 0 Å². The highest BCUT2D eigenvalue weighted by Gasteiger charge is 2.30. The van der Waals surface area contributed by atoms with E-state index in [1.54, 1.807) is 6.07 Å². The van der Waals surface area contributed by atoms with Crippen molar-refractivity contribution in [2.75, 3.05) is 5.32 Å². The third-order valence-electron chi connectivity index (χ3n) is 4.62. The zero-order valence-electron chi connectivity index (χ0n) is 15.1. The van der Waals surface area contributed by atoms with Gasteiger partial charge in [-0.2, -0.15) is 13.2 Å². The summed E-state index contributed by atoms with van der Waals surface area (Å²) >= 11 is 0. The van der Waals surface area contributed by atoms with E-state index in [2.05, 4.69) is 15.6 Å². The Morgan fingerprint density at radius 2 is 1.50 bits per heavy atom. The number of hydrogen-bond acceptors (Lipinski definition) is 3. The predicted molar refractivity (Wildman–Crippen MR) is 98.0 cm³/mol. The van der Waals surface area contributed by atoms with Crippen LogP contribution in [0.5, 0.6) is 0 Å². The molecule has 3 rings (SSSR count). The SMILES string of the molecule is O=C(Nc1ccc(C(F)(F)F)cc1)c1cccc(C(=O)NC2CCCCC2)n1. The van der Waals surface area contributed by atoms with Crippen LogP contribution in [0.25, 0.3) is 0 Å². The van der Waals surface area contributed by atoms with Crippen molar-refractivity contribution < 1.29 is 22.8 Å². The Morgan fingerprint density at radius 3 is 2.11 bits per heavy atom. The van der Waals surface area contributed by atoms with Crippen molar-refractivity contribution in [2.24, 2.45) is 0 Å². The van der Waals surface area contributed by atoms with E-state index in [1.165, 1.54) is 30.7 Å². The van der Waals surface area contributed by atoms with Crippen LogP contribution in [0, 0.1) is 0 Å². The van der Waals surface area contributed by atoms with Gasteiger partial charge in [0.1, 0.15) is 11.4 Å². The van der Waals surface area contributed by atoms with Crippen LogP contribution in [0.4, 0.5) is 18.9 Å². The monoisotopic (exact) mass is 391 g/mol. The highest BCUT2D eigenvalue weighted by Crippen LogP contribution is 2.29. The molecule has 1 aliphatic carbocycles. The number of nitrogens with one attached hydrogen (secondary N) is 2. The average molecular weight is 391 g/mol. The molecule has 0 saturated heterocycles. The lowest BCUT2D eigenvalue weighted by atomic mass is 9.95. The van der Waals surface area contributed by atoms with Crippen LogP contribution in [0.15, 0.2) is 42.5 Å². The van der Waals surface area contributed by atoms with Gasteiger partial charge in [0.05, 0.1) is 5.56 Å². The van der Waals surface area contributed by atoms with Crippen molar-refractivity contribution in [1.82, 2.24) is 10.3 Å². The molecule has 2 N–H and O–H groups in total. The highest BCUT2D eigenvalue weighted by atomic mass is 19.4. The summed E-state index contributed by atoms with van der Waals surface area (Å²) in [5.41, 5.74) is -0.455. The molecule has 1 heterocycles. The first-order valence-electron chi connectivity index (χ1n) is 9.09. The number of aromatic nitrogens is 1. The number of rotatable bonds is 4. The first-order chi connectivity index (χ1) is 13.3. The van der Waals surface area contributed by atoms with Gasteiger partial charge in [0.15, 0.2) is 0 Å². The fourth-order valence-electron chi connectivity index (χ4n) is 3.13. The second-order valence-electron chi connectivity index (χ2n) is 6.75. The topological polar surface area (TPSA) is 71.1 Å². The number of halogens is 3. The minimum absolute atomic E-state index is 0.0104. The van der Waals surface area contributed by atoms with Crippen molar-refractivity contribution >= 4 is 17.5 Å². The van der Waals surface area contributed by atoms with Crippen LogP contribution in [0.2, 0.25) is 0 Å². The Balaban J connectivity index is 1.65. The van der Waals surface area contributed by atoms with Crippen LogP contribution >= 0.6 is 0 Å². The Kier molecular flexibility index (Phi) is 5.96. The van der Waals surface area contributed by atoms with Crippen LogP contribution in [-0.4, -0.2) is 22.8 Å². The number of pyridine rings is 1. The van der Waals surface area contributed by atoms with Crippen LogP contribution in [0.1, 0.15) is 58.6 Å². The van der Waals surface area contributed by atoms with E-state index >= 15 is 0 Å². The molecule has 0 spiro atoms. The van der Waals surface area contributed by atoms with Crippen molar-refractivity contribution in [3.8, 4) is 0 Å². The molecule has 0 unspecified atom stereocenters. The van der Waals surface area contributed by atoms with E-state index in [9.17, 15) is 22.8 Å². The van der Waals surface area contributed by atoms with Gasteiger partial charge in [0, 0.05) is 11.7 Å². The summed E-state index contributed by atoms with van der Waals surface area (Å²) in [6.07, 6.45) is 0.746. The zero-order chi connectivity index (χ0) is 20.1. The van der Waals surface area contributed by atoms with E-state index < -0.39 is 17.6 Å². The average Bonchev–Trinajstić information content (AvgIpc) is 2.68. The Hall–Kier alpha value is -2.90. The number of carbonyl (C=O) groups is 2. The normalized spacial score (nSPS) is 15.1. The van der Waals surface area contributed by atoms with Crippen molar-refractivity contribution in [1.29, 1.82) is 0 Å². The minimum atomic E-state index is -4.44. The molecule has 2 aromatic rings. The quantitative estimate of drug-likeness (QED) is 0.811. The molecular formula is C20H20F3N3O2. The van der Waals surface area contributed by atoms with Gasteiger partial charge in [-0.1, -0.05) is 25.3 Å². The van der Waals surface area contributed by atoms with Crippen LogP contribution in [-0.2, 0) is 6.18 Å². The van der Waals surface area contributed by atoms with Crippen molar-refractivity contribution in [3.63, 3.8) is 0 Å². The summed E-state index contributed by atoms with van der Waals surface area (Å²) in [4.78, 5) is 28.8. The predicted octanol–water partition coefficient (Wildman–Crippen LogP) is 4.42. The molecular weight excluding hydrogens is 371 g/mol. The molecule has 2 amide bonds. The zero-order valence-corrected chi connectivity index (χ0v) is 15.1. The van der Waals surface area contributed by atoms with Crippen LogP contribution in [0.3, 0.4) is 0 Å². The summed E-state index contributed by atoms with van der Waals surface area (Å²) in [7, 11) is 0. The lowest BCUT2D eigenvalue weighted by Crippen LogP contribution is -2.36. The summed E-state index contributed by atoms with van der Waals surface area (Å²) in [5.74, 6) is -0.942. The maximum atomic E-state index is 12.6. The Bertz CT molecular complexity index is 845. The van der Waals surface area contributed by atoms with E-state index in [4.69, 9.17) is 0 Å². The summed E-state index contributed by atoms with van der Waals surface area (Å²) in [6.45, 7) is 0. The molecule has 0 aliphatic heterocycles. The van der Waals surface area contributed by atoms with Crippen molar-refractivity contribution in [2.45, 2.75) is 44.3 Å². The molecule has 28 heavy (non-hydrogen) atoms. The highest BCUT2D eigenvalue weighted by molar-refractivity contribution is 6.03. The van der Waals surface area contributed by atoms with E-state index in [0.29, 0.717) is 0 Å². The lowest BCUT2D eigenvalue weighted by molar-refractivity contribution is -0.137. The first-order valence-corrected chi connectivity index (χ1v) is 9.09. The number of amides is 2. The molecule has 0 bridgehead atoms. The second-order valence-corrected chi connectivity index (χ2v) is 6.75. The van der Waals surface area contributed by atoms with E-state index in [0.717, 1.165) is 37.8 Å². The fourth-order valence-corrected chi connectivity index (χ4v) is 3.13. The lowest BCUT2D eigenvalue weighted by Gasteiger charge is -2.22. The minimum Gasteiger partial charge on any atom is -0.348 e. The fraction of sp³-hybridized carbons (Fsp3) is 0.350. The van der Waals surface area contributed by atoms with Gasteiger partial charge < -0.3 is 10.6 Å². The summed E-state index contributed by atoms with van der Waals surface area (Å²) in [6, 6.07) is 8.73. The summed E-state index contributed by atoms with van der Waals surface area (Å²) < 4.78 is 37.8. The third kappa shape index (κ3) is 5.09. The molecule has 1 fully saturated rings. The molecule has 0 radical (unpaired) electrons. The van der Waals surface area contributed by atoms with Gasteiger partial charge in [-0.25, -0.2) is 4.98 Å². The number of anilines is 1. The number of alkyl halides is 3. The maximum Gasteiger partial charge on any atom is 0.416 e. The molecule has 0 atom stereocenters. The largest absolute Gasteiger partial charge is 0.416 e. The standard InChI is InChI=1S/C20H20F3N3O2/c21-20(22,23)13-9-11-15(12-10-13)25-19(28)17-8-4-7-16(26-17)18(27)24-14-5-2-1-3-6-14/h4,7-12,14H,1-3,5-6H2,(H,24,27)(H,25,28). The van der Waals surface area contributed by atoms with E-state index in [-0.39, 0.29) is 29.0 Å². The molecule has 5 nitrogen and oxygen atoms in total. The smallest absolute Gasteiger partial charge is 0.348 e. The van der Waals surface area contributed by atoms with E-state index in [1.807, 2.05) is 0 Å². The van der Waals surface area contributed by atoms with Gasteiger partial charge in [0.2, 0.25) is 0 Å². The summed E-state index contributed by atoms with van der Waals surface area (Å²) in [5, 5.41) is 5.42. The second kappa shape index (κ2) is 8.41. The first kappa shape index (κ1) is 19.9. The number of benzene rings is 1. The van der Waals surface area contributed by atoms with Gasteiger partial charge >= 0.3 is 6.18 Å². The van der Waals surface area contributed by atoms with Gasteiger partial charge in [-0.3, -0.25) is 9.59 Å². The number of hydrogen-bond donors (Lipinski definition) is 2. The molecule has 1 aromatic carbocycles. The molecule has 148 valence electrons. The maximum absolute atomic E-state index is 12.6. The van der Waals surface area contributed by atoms with Gasteiger partial charge in [-0.05, 0) is 49.2 Å². The Morgan fingerprint density at radius 1 is 0.893 bits per heavy atom. The number of nitrogens with zero attached hydrogens (tertiary/aromatic N) is 1. The molecule has 1 aromatic heterocycles. The molecule has 1 aliphatic rings. The van der Waals surface area contributed by atoms with Gasteiger partial charge in [0.25, 0.3) is 11.8 Å². The number of carbonyl (C=O) groups excluding carboxylic acids is 2. The van der Waals surface area contributed by atoms with Crippen LogP contribution < -0.4 is 10.6 Å². The Labute approximate surface area is 160 Å². The molecule has 8 heteroatoms. The third-order valence-corrected chi connectivity index (χ3v) is 4.62. The molecule has 1 saturated carbocycles.